The molecular weight excluding hydrogens is 613 g/mol. The predicted octanol–water partition coefficient (Wildman–Crippen LogP) is 13.6. The summed E-state index contributed by atoms with van der Waals surface area (Å²) in [4.78, 5) is 0. The van der Waals surface area contributed by atoms with Gasteiger partial charge in [-0.15, -0.1) is 11.3 Å². The highest BCUT2D eigenvalue weighted by Gasteiger charge is 2.24. The van der Waals surface area contributed by atoms with Crippen molar-refractivity contribution in [2.24, 2.45) is 0 Å². The predicted molar refractivity (Wildman–Crippen MR) is 209 cm³/mol. The number of fused-ring (bicyclic) bond motifs is 8. The zero-order valence-electron chi connectivity index (χ0n) is 26.6. The molecule has 0 spiro atoms. The largest absolute Gasteiger partial charge is 0.455 e. The Morgan fingerprint density at radius 3 is 1.86 bits per heavy atom. The number of rotatable bonds is 5. The van der Waals surface area contributed by atoms with Gasteiger partial charge in [-0.25, -0.2) is 0 Å². The van der Waals surface area contributed by atoms with Gasteiger partial charge in [0.2, 0.25) is 0 Å². The number of hydrogen-bond donors (Lipinski definition) is 0. The van der Waals surface area contributed by atoms with Gasteiger partial charge in [0.05, 0.1) is 0 Å². The van der Waals surface area contributed by atoms with Gasteiger partial charge in [-0.3, -0.25) is 0 Å². The summed E-state index contributed by atoms with van der Waals surface area (Å²) >= 11 is 1.87. The lowest BCUT2D eigenvalue weighted by atomic mass is 9.82. The maximum Gasteiger partial charge on any atom is 0.143 e. The number of benzene rings is 8. The van der Waals surface area contributed by atoms with Crippen molar-refractivity contribution in [3.8, 4) is 22.3 Å². The Bertz CT molecular complexity index is 2810. The van der Waals surface area contributed by atoms with Crippen LogP contribution in [0.4, 0.5) is 0 Å². The van der Waals surface area contributed by atoms with Crippen molar-refractivity contribution in [2.75, 3.05) is 0 Å². The smallest absolute Gasteiger partial charge is 0.143 e. The van der Waals surface area contributed by atoms with Crippen molar-refractivity contribution in [1.82, 2.24) is 0 Å². The van der Waals surface area contributed by atoms with Crippen LogP contribution in [0.1, 0.15) is 22.6 Å². The second-order valence-electron chi connectivity index (χ2n) is 12.8. The molecule has 10 aromatic rings. The summed E-state index contributed by atoms with van der Waals surface area (Å²) in [5.74, 6) is 0.0281. The van der Waals surface area contributed by atoms with E-state index in [1.54, 1.807) is 0 Å². The molecule has 10 rings (SSSR count). The van der Waals surface area contributed by atoms with E-state index in [4.69, 9.17) is 4.42 Å². The zero-order chi connectivity index (χ0) is 32.3. The first kappa shape index (κ1) is 28.1. The van der Waals surface area contributed by atoms with Crippen molar-refractivity contribution in [3.63, 3.8) is 0 Å². The fourth-order valence-electron chi connectivity index (χ4n) is 7.74. The quantitative estimate of drug-likeness (QED) is 0.170. The average Bonchev–Trinajstić information content (AvgIpc) is 3.74. The van der Waals surface area contributed by atoms with Crippen molar-refractivity contribution in [2.45, 2.75) is 5.92 Å². The molecule has 2 heterocycles. The van der Waals surface area contributed by atoms with Gasteiger partial charge in [0.15, 0.2) is 0 Å². The van der Waals surface area contributed by atoms with Gasteiger partial charge in [0.25, 0.3) is 0 Å². The molecule has 1 nitrogen and oxygen atoms in total. The van der Waals surface area contributed by atoms with Crippen molar-refractivity contribution in [3.05, 3.63) is 193 Å². The Kier molecular flexibility index (Phi) is 6.50. The standard InChI is InChI=1S/C47H30OS/c1-3-12-30(13-4-1)31-22-24-33(25-23-31)45(32-14-5-2-6-15-32)39-19-11-20-42-46(39)41-29-40(35-16-7-8-18-38(35)47(41)48-42)34-26-27-37-36-17-9-10-21-43(36)49-44(37)28-34/h1-29,45H. The monoisotopic (exact) mass is 642 g/mol. The third-order valence-electron chi connectivity index (χ3n) is 10.0. The molecule has 1 atom stereocenters. The van der Waals surface area contributed by atoms with E-state index in [2.05, 4.69) is 176 Å². The van der Waals surface area contributed by atoms with Crippen LogP contribution in [0.15, 0.2) is 180 Å². The minimum Gasteiger partial charge on any atom is -0.455 e. The molecule has 2 heteroatoms. The maximum absolute atomic E-state index is 6.81. The van der Waals surface area contributed by atoms with Gasteiger partial charge < -0.3 is 4.42 Å². The molecular formula is C47H30OS. The van der Waals surface area contributed by atoms with Crippen LogP contribution < -0.4 is 0 Å². The molecule has 49 heavy (non-hydrogen) atoms. The van der Waals surface area contributed by atoms with Gasteiger partial charge in [-0.1, -0.05) is 152 Å². The van der Waals surface area contributed by atoms with Crippen LogP contribution in [-0.4, -0.2) is 0 Å². The Morgan fingerprint density at radius 1 is 0.408 bits per heavy atom. The molecule has 230 valence electrons. The number of furan rings is 1. The van der Waals surface area contributed by atoms with Crippen molar-refractivity contribution in [1.29, 1.82) is 0 Å². The maximum atomic E-state index is 6.81. The van der Waals surface area contributed by atoms with Crippen LogP contribution in [0.3, 0.4) is 0 Å². The number of thiophene rings is 1. The van der Waals surface area contributed by atoms with Crippen LogP contribution in [0.25, 0.3) is 75.1 Å². The topological polar surface area (TPSA) is 13.1 Å². The molecule has 0 bridgehead atoms. The minimum absolute atomic E-state index is 0.0281. The van der Waals surface area contributed by atoms with Crippen LogP contribution in [0, 0.1) is 0 Å². The van der Waals surface area contributed by atoms with Gasteiger partial charge in [-0.2, -0.15) is 0 Å². The van der Waals surface area contributed by atoms with E-state index in [-0.39, 0.29) is 5.92 Å². The molecule has 0 fully saturated rings. The number of hydrogen-bond acceptors (Lipinski definition) is 2. The van der Waals surface area contributed by atoms with Crippen LogP contribution in [0.2, 0.25) is 0 Å². The summed E-state index contributed by atoms with van der Waals surface area (Å²) in [5.41, 5.74) is 10.5. The normalized spacial score (nSPS) is 12.4. The minimum atomic E-state index is 0.0281. The molecule has 0 radical (unpaired) electrons. The first-order chi connectivity index (χ1) is 24.3. The van der Waals surface area contributed by atoms with Crippen LogP contribution in [-0.2, 0) is 0 Å². The van der Waals surface area contributed by atoms with Crippen molar-refractivity contribution >= 4 is 64.2 Å². The van der Waals surface area contributed by atoms with E-state index in [0.717, 1.165) is 21.9 Å². The summed E-state index contributed by atoms with van der Waals surface area (Å²) in [5, 5.41) is 7.30. The van der Waals surface area contributed by atoms with E-state index in [1.807, 2.05) is 11.3 Å². The molecule has 8 aromatic carbocycles. The highest BCUT2D eigenvalue weighted by atomic mass is 32.1. The molecule has 0 amide bonds. The molecule has 0 aliphatic carbocycles. The van der Waals surface area contributed by atoms with E-state index in [0.29, 0.717) is 0 Å². The Balaban J connectivity index is 1.22. The van der Waals surface area contributed by atoms with E-state index < -0.39 is 0 Å². The second kappa shape index (κ2) is 11.3. The molecule has 0 saturated carbocycles. The van der Waals surface area contributed by atoms with E-state index in [1.165, 1.54) is 69.9 Å². The molecule has 0 aliphatic heterocycles. The lowest BCUT2D eigenvalue weighted by Gasteiger charge is -2.20. The lowest BCUT2D eigenvalue weighted by Crippen LogP contribution is -2.04. The van der Waals surface area contributed by atoms with Gasteiger partial charge in [-0.05, 0) is 68.6 Å². The summed E-state index contributed by atoms with van der Waals surface area (Å²) < 4.78 is 9.44. The molecule has 0 aliphatic rings. The summed E-state index contributed by atoms with van der Waals surface area (Å²) in [7, 11) is 0. The summed E-state index contributed by atoms with van der Waals surface area (Å²) in [6, 6.07) is 63.9. The van der Waals surface area contributed by atoms with Gasteiger partial charge >= 0.3 is 0 Å². The fraction of sp³-hybridized carbons (Fsp3) is 0.0213. The SMILES string of the molecule is c1ccc(-c2ccc(C(c3ccccc3)c3cccc4oc5c6ccccc6c(-c6ccc7c(c6)sc6ccccc67)cc5c34)cc2)cc1. The Morgan fingerprint density at radius 2 is 1.04 bits per heavy atom. The first-order valence-corrected chi connectivity index (χ1v) is 17.6. The lowest BCUT2D eigenvalue weighted by molar-refractivity contribution is 0.672. The average molecular weight is 643 g/mol. The molecule has 0 N–H and O–H groups in total. The summed E-state index contributed by atoms with van der Waals surface area (Å²) in [6.07, 6.45) is 0. The van der Waals surface area contributed by atoms with Gasteiger partial charge in [0, 0.05) is 42.2 Å². The third kappa shape index (κ3) is 4.60. The molecule has 0 saturated heterocycles. The molecule has 2 aromatic heterocycles. The van der Waals surface area contributed by atoms with E-state index in [9.17, 15) is 0 Å². The Labute approximate surface area is 288 Å². The second-order valence-corrected chi connectivity index (χ2v) is 13.9. The Hall–Kier alpha value is -5.96. The zero-order valence-corrected chi connectivity index (χ0v) is 27.5. The highest BCUT2D eigenvalue weighted by Crippen LogP contribution is 2.45. The van der Waals surface area contributed by atoms with Crippen LogP contribution in [0.5, 0.6) is 0 Å². The third-order valence-corrected chi connectivity index (χ3v) is 11.2. The fourth-order valence-corrected chi connectivity index (χ4v) is 8.89. The summed E-state index contributed by atoms with van der Waals surface area (Å²) in [6.45, 7) is 0. The van der Waals surface area contributed by atoms with Crippen LogP contribution >= 0.6 is 11.3 Å². The first-order valence-electron chi connectivity index (χ1n) is 16.8. The van der Waals surface area contributed by atoms with Crippen molar-refractivity contribution < 1.29 is 4.42 Å². The van der Waals surface area contributed by atoms with E-state index >= 15 is 0 Å². The highest BCUT2D eigenvalue weighted by molar-refractivity contribution is 7.25. The van der Waals surface area contributed by atoms with Gasteiger partial charge in [0.1, 0.15) is 11.2 Å². The molecule has 1 unspecified atom stereocenters.